The van der Waals surface area contributed by atoms with Crippen LogP contribution in [0.4, 0.5) is 0 Å². The molecular weight excluding hydrogens is 256 g/mol. The van der Waals surface area contributed by atoms with Gasteiger partial charge < -0.3 is 15.0 Å². The van der Waals surface area contributed by atoms with Crippen molar-refractivity contribution in [3.63, 3.8) is 0 Å². The molecule has 2 N–H and O–H groups in total. The first-order valence-corrected chi connectivity index (χ1v) is 6.56. The SMILES string of the molecule is COCCC1CNC(=O)c2cc(-c3ccncn3)[nH]c21. The summed E-state index contributed by atoms with van der Waals surface area (Å²) in [5.74, 6) is 0.212. The number of fused-ring (bicyclic) bond motifs is 1. The highest BCUT2D eigenvalue weighted by molar-refractivity contribution is 5.98. The number of carbonyl (C=O) groups excluding carboxylic acids is 1. The summed E-state index contributed by atoms with van der Waals surface area (Å²) in [7, 11) is 1.68. The van der Waals surface area contributed by atoms with E-state index in [0.29, 0.717) is 18.7 Å². The summed E-state index contributed by atoms with van der Waals surface area (Å²) in [5.41, 5.74) is 3.30. The molecule has 1 unspecified atom stereocenters. The lowest BCUT2D eigenvalue weighted by molar-refractivity contribution is 0.0934. The Morgan fingerprint density at radius 2 is 2.40 bits per heavy atom. The number of amides is 1. The van der Waals surface area contributed by atoms with E-state index in [1.54, 1.807) is 13.3 Å². The fourth-order valence-corrected chi connectivity index (χ4v) is 2.49. The Kier molecular flexibility index (Phi) is 3.47. The van der Waals surface area contributed by atoms with Crippen molar-refractivity contribution < 1.29 is 9.53 Å². The molecule has 0 radical (unpaired) electrons. The molecule has 1 aliphatic heterocycles. The summed E-state index contributed by atoms with van der Waals surface area (Å²) in [6.45, 7) is 1.31. The number of H-pyrrole nitrogens is 1. The van der Waals surface area contributed by atoms with Gasteiger partial charge in [0.25, 0.3) is 5.91 Å². The van der Waals surface area contributed by atoms with E-state index < -0.39 is 0 Å². The third kappa shape index (κ3) is 2.30. The highest BCUT2D eigenvalue weighted by atomic mass is 16.5. The predicted molar refractivity (Wildman–Crippen MR) is 73.4 cm³/mol. The van der Waals surface area contributed by atoms with E-state index in [9.17, 15) is 4.79 Å². The Morgan fingerprint density at radius 3 is 3.15 bits per heavy atom. The highest BCUT2D eigenvalue weighted by Crippen LogP contribution is 2.29. The van der Waals surface area contributed by atoms with Crippen molar-refractivity contribution in [1.29, 1.82) is 0 Å². The third-order valence-corrected chi connectivity index (χ3v) is 3.54. The molecule has 2 aromatic heterocycles. The lowest BCUT2D eigenvalue weighted by Crippen LogP contribution is -2.35. The molecule has 3 rings (SSSR count). The van der Waals surface area contributed by atoms with Gasteiger partial charge in [0.05, 0.1) is 17.0 Å². The van der Waals surface area contributed by atoms with Gasteiger partial charge >= 0.3 is 0 Å². The normalized spacial score (nSPS) is 17.6. The molecule has 0 aromatic carbocycles. The average Bonchev–Trinajstić information content (AvgIpc) is 2.94. The molecule has 1 atom stereocenters. The summed E-state index contributed by atoms with van der Waals surface area (Å²) in [5, 5.41) is 2.91. The second-order valence-electron chi connectivity index (χ2n) is 4.79. The number of hydrogen-bond donors (Lipinski definition) is 2. The van der Waals surface area contributed by atoms with Crippen molar-refractivity contribution >= 4 is 5.91 Å². The zero-order valence-electron chi connectivity index (χ0n) is 11.2. The number of nitrogens with zero attached hydrogens (tertiary/aromatic N) is 2. The van der Waals surface area contributed by atoms with Crippen molar-refractivity contribution in [3.8, 4) is 11.4 Å². The largest absolute Gasteiger partial charge is 0.385 e. The zero-order valence-corrected chi connectivity index (χ0v) is 11.2. The van der Waals surface area contributed by atoms with Crippen molar-refractivity contribution in [1.82, 2.24) is 20.3 Å². The van der Waals surface area contributed by atoms with Gasteiger partial charge in [0.1, 0.15) is 6.33 Å². The van der Waals surface area contributed by atoms with E-state index in [1.165, 1.54) is 6.33 Å². The van der Waals surface area contributed by atoms with Crippen molar-refractivity contribution in [2.75, 3.05) is 20.3 Å². The molecule has 1 aliphatic rings. The van der Waals surface area contributed by atoms with E-state index in [-0.39, 0.29) is 11.8 Å². The maximum Gasteiger partial charge on any atom is 0.253 e. The average molecular weight is 272 g/mol. The number of rotatable bonds is 4. The maximum absolute atomic E-state index is 12.0. The molecule has 104 valence electrons. The van der Waals surface area contributed by atoms with E-state index in [2.05, 4.69) is 20.3 Å². The van der Waals surface area contributed by atoms with Crippen LogP contribution in [0.25, 0.3) is 11.4 Å². The number of carbonyl (C=O) groups is 1. The van der Waals surface area contributed by atoms with Crippen LogP contribution in [0.1, 0.15) is 28.4 Å². The maximum atomic E-state index is 12.0. The quantitative estimate of drug-likeness (QED) is 0.880. The minimum absolute atomic E-state index is 0.0368. The van der Waals surface area contributed by atoms with Gasteiger partial charge in [-0.3, -0.25) is 4.79 Å². The van der Waals surface area contributed by atoms with Crippen LogP contribution in [0.3, 0.4) is 0 Å². The second-order valence-corrected chi connectivity index (χ2v) is 4.79. The molecule has 6 heteroatoms. The molecule has 0 bridgehead atoms. The summed E-state index contributed by atoms with van der Waals surface area (Å²) in [4.78, 5) is 23.4. The Bertz CT molecular complexity index is 609. The fourth-order valence-electron chi connectivity index (χ4n) is 2.49. The van der Waals surface area contributed by atoms with E-state index >= 15 is 0 Å². The topological polar surface area (TPSA) is 79.9 Å². The molecule has 0 spiro atoms. The fraction of sp³-hybridized carbons (Fsp3) is 0.357. The van der Waals surface area contributed by atoms with Crippen LogP contribution >= 0.6 is 0 Å². The number of aromatic nitrogens is 3. The standard InChI is InChI=1S/C14H16N4O2/c1-20-5-3-9-7-16-14(19)10-6-12(18-13(9)10)11-2-4-15-8-17-11/h2,4,6,8-9,18H,3,5,7H2,1H3,(H,16,19). The lowest BCUT2D eigenvalue weighted by atomic mass is 9.95. The number of aromatic amines is 1. The van der Waals surface area contributed by atoms with Crippen LogP contribution in [0, 0.1) is 0 Å². The molecule has 6 nitrogen and oxygen atoms in total. The van der Waals surface area contributed by atoms with Crippen LogP contribution in [-0.2, 0) is 4.74 Å². The molecule has 1 amide bonds. The minimum atomic E-state index is -0.0368. The van der Waals surface area contributed by atoms with Gasteiger partial charge in [-0.15, -0.1) is 0 Å². The Hall–Kier alpha value is -2.21. The van der Waals surface area contributed by atoms with Crippen molar-refractivity contribution in [2.45, 2.75) is 12.3 Å². The monoisotopic (exact) mass is 272 g/mol. The zero-order chi connectivity index (χ0) is 13.9. The molecule has 0 aliphatic carbocycles. The Balaban J connectivity index is 1.96. The summed E-state index contributed by atoms with van der Waals surface area (Å²) >= 11 is 0. The third-order valence-electron chi connectivity index (χ3n) is 3.54. The van der Waals surface area contributed by atoms with Crippen molar-refractivity contribution in [2.24, 2.45) is 0 Å². The highest BCUT2D eigenvalue weighted by Gasteiger charge is 2.27. The van der Waals surface area contributed by atoms with E-state index in [0.717, 1.165) is 23.5 Å². The van der Waals surface area contributed by atoms with Crippen LogP contribution in [-0.4, -0.2) is 41.1 Å². The van der Waals surface area contributed by atoms with E-state index in [4.69, 9.17) is 4.74 Å². The smallest absolute Gasteiger partial charge is 0.253 e. The first-order valence-electron chi connectivity index (χ1n) is 6.56. The van der Waals surface area contributed by atoms with Gasteiger partial charge in [-0.2, -0.15) is 0 Å². The Labute approximate surface area is 116 Å². The van der Waals surface area contributed by atoms with Crippen molar-refractivity contribution in [3.05, 3.63) is 35.9 Å². The summed E-state index contributed by atoms with van der Waals surface area (Å²) < 4.78 is 5.13. The molecule has 20 heavy (non-hydrogen) atoms. The van der Waals surface area contributed by atoms with Crippen LogP contribution in [0.2, 0.25) is 0 Å². The molecule has 2 aromatic rings. The van der Waals surface area contributed by atoms with Crippen LogP contribution in [0.15, 0.2) is 24.7 Å². The van der Waals surface area contributed by atoms with Gasteiger partial charge in [0.2, 0.25) is 0 Å². The van der Waals surface area contributed by atoms with Crippen LogP contribution in [0.5, 0.6) is 0 Å². The van der Waals surface area contributed by atoms with Gasteiger partial charge in [-0.1, -0.05) is 0 Å². The summed E-state index contributed by atoms with van der Waals surface area (Å²) in [6.07, 6.45) is 4.05. The first kappa shape index (κ1) is 12.8. The Morgan fingerprint density at radius 1 is 1.50 bits per heavy atom. The number of methoxy groups -OCH3 is 1. The number of ether oxygens (including phenoxy) is 1. The molecular formula is C14H16N4O2. The van der Waals surface area contributed by atoms with Gasteiger partial charge in [-0.05, 0) is 18.6 Å². The molecule has 0 saturated carbocycles. The first-order chi connectivity index (χ1) is 9.79. The number of nitrogens with one attached hydrogen (secondary N) is 2. The van der Waals surface area contributed by atoms with Gasteiger partial charge in [0.15, 0.2) is 0 Å². The predicted octanol–water partition coefficient (Wildman–Crippen LogP) is 1.34. The minimum Gasteiger partial charge on any atom is -0.385 e. The number of hydrogen-bond acceptors (Lipinski definition) is 4. The molecule has 3 heterocycles. The van der Waals surface area contributed by atoms with Gasteiger partial charge in [0, 0.05) is 38.1 Å². The summed E-state index contributed by atoms with van der Waals surface area (Å²) in [6, 6.07) is 3.67. The molecule has 0 saturated heterocycles. The second kappa shape index (κ2) is 5.42. The van der Waals surface area contributed by atoms with Gasteiger partial charge in [-0.25, -0.2) is 9.97 Å². The molecule has 0 fully saturated rings. The lowest BCUT2D eigenvalue weighted by Gasteiger charge is -2.22. The van der Waals surface area contributed by atoms with Crippen LogP contribution < -0.4 is 5.32 Å². The van der Waals surface area contributed by atoms with E-state index in [1.807, 2.05) is 12.1 Å².